The Bertz CT molecular complexity index is 815. The van der Waals surface area contributed by atoms with E-state index in [4.69, 9.17) is 0 Å². The fourth-order valence-corrected chi connectivity index (χ4v) is 2.93. The Hall–Kier alpha value is -2.74. The van der Waals surface area contributed by atoms with Crippen LogP contribution in [-0.4, -0.2) is 4.98 Å². The van der Waals surface area contributed by atoms with Gasteiger partial charge in [-0.1, -0.05) is 30.3 Å². The number of hydrogen-bond acceptors (Lipinski definition) is 1. The molecule has 0 N–H and O–H groups in total. The average Bonchev–Trinajstić information content (AvgIpc) is 2.83. The van der Waals surface area contributed by atoms with Crippen molar-refractivity contribution in [1.29, 1.82) is 0 Å². The molecule has 0 aliphatic heterocycles. The number of hydrogen-bond donors (Lipinski definition) is 0. The molecule has 0 saturated carbocycles. The van der Waals surface area contributed by atoms with Gasteiger partial charge in [0.15, 0.2) is 12.4 Å². The molecule has 2 aromatic heterocycles. The van der Waals surface area contributed by atoms with Gasteiger partial charge in [0.1, 0.15) is 7.05 Å². The molecule has 0 unspecified atom stereocenters. The standard InChI is InChI=1S/C19H15N2/c1-21-11-5-6-14(13-21)12-18-15-7-2-3-8-16(15)19-17(18)9-4-10-20-19/h2-13H,1H3/q+1/b18-12-. The van der Waals surface area contributed by atoms with Crippen LogP contribution < -0.4 is 4.57 Å². The van der Waals surface area contributed by atoms with Gasteiger partial charge in [0.25, 0.3) is 0 Å². The third-order valence-electron chi connectivity index (χ3n) is 3.84. The molecule has 2 heterocycles. The molecule has 1 aromatic carbocycles. The lowest BCUT2D eigenvalue weighted by atomic mass is 10.0. The van der Waals surface area contributed by atoms with Crippen LogP contribution in [0.25, 0.3) is 22.9 Å². The molecule has 100 valence electrons. The van der Waals surface area contributed by atoms with E-state index in [1.807, 2.05) is 25.5 Å². The molecule has 1 aliphatic carbocycles. The Morgan fingerprint density at radius 2 is 1.71 bits per heavy atom. The highest BCUT2D eigenvalue weighted by Crippen LogP contribution is 2.43. The van der Waals surface area contributed by atoms with Gasteiger partial charge in [-0.3, -0.25) is 4.98 Å². The highest BCUT2D eigenvalue weighted by Gasteiger charge is 2.23. The number of aromatic nitrogens is 2. The smallest absolute Gasteiger partial charge is 0.175 e. The molecule has 1 aliphatic rings. The van der Waals surface area contributed by atoms with Crippen molar-refractivity contribution in [2.24, 2.45) is 7.05 Å². The Kier molecular flexibility index (Phi) is 2.68. The quantitative estimate of drug-likeness (QED) is 0.484. The van der Waals surface area contributed by atoms with Crippen molar-refractivity contribution in [2.45, 2.75) is 0 Å². The molecule has 0 bridgehead atoms. The van der Waals surface area contributed by atoms with Gasteiger partial charge < -0.3 is 0 Å². The zero-order valence-electron chi connectivity index (χ0n) is 11.8. The zero-order chi connectivity index (χ0) is 14.2. The van der Waals surface area contributed by atoms with Gasteiger partial charge in [0.05, 0.1) is 5.69 Å². The first-order valence-corrected chi connectivity index (χ1v) is 7.05. The summed E-state index contributed by atoms with van der Waals surface area (Å²) in [4.78, 5) is 4.56. The predicted octanol–water partition coefficient (Wildman–Crippen LogP) is 3.48. The van der Waals surface area contributed by atoms with E-state index in [1.54, 1.807) is 0 Å². The number of benzene rings is 1. The maximum Gasteiger partial charge on any atom is 0.175 e. The fourth-order valence-electron chi connectivity index (χ4n) is 2.93. The van der Waals surface area contributed by atoms with E-state index in [0.29, 0.717) is 0 Å². The van der Waals surface area contributed by atoms with Crippen LogP contribution in [0.15, 0.2) is 67.1 Å². The summed E-state index contributed by atoms with van der Waals surface area (Å²) in [6.07, 6.45) is 8.28. The predicted molar refractivity (Wildman–Crippen MR) is 84.3 cm³/mol. The fraction of sp³-hybridized carbons (Fsp3) is 0.0526. The lowest BCUT2D eigenvalue weighted by molar-refractivity contribution is -0.671. The van der Waals surface area contributed by atoms with Gasteiger partial charge in [0.2, 0.25) is 0 Å². The molecule has 0 fully saturated rings. The molecule has 3 aromatic rings. The normalized spacial score (nSPS) is 14.0. The monoisotopic (exact) mass is 271 g/mol. The van der Waals surface area contributed by atoms with E-state index < -0.39 is 0 Å². The van der Waals surface area contributed by atoms with Gasteiger partial charge in [-0.05, 0) is 29.3 Å². The van der Waals surface area contributed by atoms with Crippen LogP contribution in [0, 0.1) is 0 Å². The van der Waals surface area contributed by atoms with Crippen molar-refractivity contribution in [2.75, 3.05) is 0 Å². The van der Waals surface area contributed by atoms with Crippen LogP contribution in [0.3, 0.4) is 0 Å². The number of aryl methyl sites for hydroxylation is 1. The van der Waals surface area contributed by atoms with E-state index in [0.717, 1.165) is 5.69 Å². The van der Waals surface area contributed by atoms with Crippen molar-refractivity contribution in [3.63, 3.8) is 0 Å². The summed E-state index contributed by atoms with van der Waals surface area (Å²) in [6, 6.07) is 16.8. The molecule has 0 amide bonds. The minimum atomic E-state index is 1.08. The summed E-state index contributed by atoms with van der Waals surface area (Å²) in [7, 11) is 2.04. The summed E-state index contributed by atoms with van der Waals surface area (Å²) in [5, 5.41) is 0. The van der Waals surface area contributed by atoms with Crippen LogP contribution in [-0.2, 0) is 7.05 Å². The van der Waals surface area contributed by atoms with E-state index in [9.17, 15) is 0 Å². The Labute approximate surface area is 124 Å². The molecule has 4 rings (SSSR count). The van der Waals surface area contributed by atoms with Crippen molar-refractivity contribution in [3.05, 3.63) is 83.8 Å². The van der Waals surface area contributed by atoms with E-state index in [2.05, 4.69) is 64.3 Å². The Morgan fingerprint density at radius 3 is 2.57 bits per heavy atom. The second-order valence-corrected chi connectivity index (χ2v) is 5.31. The minimum Gasteiger partial charge on any atom is -0.256 e. The average molecular weight is 271 g/mol. The molecule has 2 heteroatoms. The Morgan fingerprint density at radius 1 is 0.905 bits per heavy atom. The van der Waals surface area contributed by atoms with Crippen LogP contribution in [0.4, 0.5) is 0 Å². The SMILES string of the molecule is C[n+]1cccc(/C=C2/c3ccccc3-c3ncccc32)c1. The molecular formula is C19H15N2+. The highest BCUT2D eigenvalue weighted by atomic mass is 14.9. The van der Waals surface area contributed by atoms with Gasteiger partial charge >= 0.3 is 0 Å². The van der Waals surface area contributed by atoms with Gasteiger partial charge in [0, 0.05) is 29.0 Å². The summed E-state index contributed by atoms with van der Waals surface area (Å²) in [5.74, 6) is 0. The molecule has 2 nitrogen and oxygen atoms in total. The first-order valence-electron chi connectivity index (χ1n) is 7.05. The van der Waals surface area contributed by atoms with E-state index >= 15 is 0 Å². The second kappa shape index (κ2) is 4.67. The zero-order valence-corrected chi connectivity index (χ0v) is 11.8. The molecule has 0 atom stereocenters. The molecular weight excluding hydrogens is 256 g/mol. The van der Waals surface area contributed by atoms with Crippen molar-refractivity contribution in [1.82, 2.24) is 4.98 Å². The van der Waals surface area contributed by atoms with Crippen LogP contribution in [0.5, 0.6) is 0 Å². The third-order valence-corrected chi connectivity index (χ3v) is 3.84. The number of fused-ring (bicyclic) bond motifs is 3. The highest BCUT2D eigenvalue weighted by molar-refractivity contribution is 6.05. The summed E-state index contributed by atoms with van der Waals surface area (Å²) < 4.78 is 2.07. The maximum absolute atomic E-state index is 4.56. The summed E-state index contributed by atoms with van der Waals surface area (Å²) in [5.41, 5.74) is 7.23. The Balaban J connectivity index is 1.97. The second-order valence-electron chi connectivity index (χ2n) is 5.31. The lowest BCUT2D eigenvalue weighted by Crippen LogP contribution is -2.26. The van der Waals surface area contributed by atoms with Crippen LogP contribution in [0.2, 0.25) is 0 Å². The largest absolute Gasteiger partial charge is 0.256 e. The first kappa shape index (κ1) is 12.0. The first-order chi connectivity index (χ1) is 10.3. The summed E-state index contributed by atoms with van der Waals surface area (Å²) >= 11 is 0. The van der Waals surface area contributed by atoms with Crippen molar-refractivity contribution in [3.8, 4) is 11.3 Å². The number of pyridine rings is 2. The number of rotatable bonds is 1. The van der Waals surface area contributed by atoms with Crippen molar-refractivity contribution < 1.29 is 4.57 Å². The van der Waals surface area contributed by atoms with Crippen molar-refractivity contribution >= 4 is 11.6 Å². The van der Waals surface area contributed by atoms with Crippen LogP contribution in [0.1, 0.15) is 16.7 Å². The minimum absolute atomic E-state index is 1.08. The third kappa shape index (κ3) is 1.96. The molecule has 0 radical (unpaired) electrons. The van der Waals surface area contributed by atoms with Gasteiger partial charge in [-0.2, -0.15) is 0 Å². The van der Waals surface area contributed by atoms with E-state index in [-0.39, 0.29) is 0 Å². The molecule has 0 saturated heterocycles. The summed E-state index contributed by atoms with van der Waals surface area (Å²) in [6.45, 7) is 0. The molecule has 21 heavy (non-hydrogen) atoms. The van der Waals surface area contributed by atoms with Gasteiger partial charge in [-0.15, -0.1) is 0 Å². The maximum atomic E-state index is 4.56. The molecule has 0 spiro atoms. The number of nitrogens with zero attached hydrogens (tertiary/aromatic N) is 2. The van der Waals surface area contributed by atoms with Gasteiger partial charge in [-0.25, -0.2) is 4.57 Å². The topological polar surface area (TPSA) is 16.8 Å². The van der Waals surface area contributed by atoms with E-state index in [1.165, 1.54) is 27.8 Å². The van der Waals surface area contributed by atoms with Crippen LogP contribution >= 0.6 is 0 Å². The lowest BCUT2D eigenvalue weighted by Gasteiger charge is -2.02.